The normalized spacial score (nSPS) is 18.2. The molecule has 1 saturated heterocycles. The third kappa shape index (κ3) is 7.99. The Morgan fingerprint density at radius 3 is 2.45 bits per heavy atom. The van der Waals surface area contributed by atoms with Crippen molar-refractivity contribution in [1.82, 2.24) is 15.5 Å². The number of aliphatic imine (C=N–C) groups is 1. The summed E-state index contributed by atoms with van der Waals surface area (Å²) in [5.41, 5.74) is 0. The van der Waals surface area contributed by atoms with Crippen LogP contribution in [-0.4, -0.2) is 62.8 Å². The van der Waals surface area contributed by atoms with Crippen molar-refractivity contribution in [2.75, 3.05) is 39.9 Å². The molecule has 5 heteroatoms. The Kier molecular flexibility index (Phi) is 9.48. The number of hydrogen-bond acceptors (Lipinski definition) is 3. The fourth-order valence-corrected chi connectivity index (χ4v) is 2.65. The number of hydrogen-bond donors (Lipinski definition) is 2. The van der Waals surface area contributed by atoms with E-state index < -0.39 is 0 Å². The van der Waals surface area contributed by atoms with Crippen molar-refractivity contribution < 1.29 is 4.74 Å². The van der Waals surface area contributed by atoms with Crippen LogP contribution in [0.2, 0.25) is 0 Å². The van der Waals surface area contributed by atoms with Crippen LogP contribution in [0.4, 0.5) is 0 Å². The number of piperidine rings is 1. The van der Waals surface area contributed by atoms with Gasteiger partial charge in [-0.3, -0.25) is 4.99 Å². The van der Waals surface area contributed by atoms with Crippen LogP contribution < -0.4 is 10.6 Å². The molecular weight excluding hydrogens is 276 g/mol. The lowest BCUT2D eigenvalue weighted by atomic mass is 10.0. The van der Waals surface area contributed by atoms with Crippen molar-refractivity contribution in [2.24, 2.45) is 10.9 Å². The Morgan fingerprint density at radius 1 is 1.23 bits per heavy atom. The predicted octanol–water partition coefficient (Wildman–Crippen LogP) is 2.09. The van der Waals surface area contributed by atoms with Crippen molar-refractivity contribution in [2.45, 2.75) is 59.0 Å². The van der Waals surface area contributed by atoms with Crippen LogP contribution in [0.5, 0.6) is 0 Å². The van der Waals surface area contributed by atoms with Crippen molar-refractivity contribution >= 4 is 5.96 Å². The van der Waals surface area contributed by atoms with Crippen LogP contribution in [0.3, 0.4) is 0 Å². The van der Waals surface area contributed by atoms with E-state index in [1.165, 1.54) is 25.9 Å². The highest BCUT2D eigenvalue weighted by molar-refractivity contribution is 5.79. The van der Waals surface area contributed by atoms with Gasteiger partial charge in [-0.1, -0.05) is 13.8 Å². The summed E-state index contributed by atoms with van der Waals surface area (Å²) in [5, 5.41) is 6.93. The standard InChI is InChI=1S/C17H36N4O/c1-14(2)13-22-12-6-9-19-17(18-5)20-16-7-10-21(11-8-16)15(3)4/h14-16H,6-13H2,1-5H3,(H2,18,19,20). The zero-order valence-corrected chi connectivity index (χ0v) is 15.2. The Morgan fingerprint density at radius 2 is 1.91 bits per heavy atom. The van der Waals surface area contributed by atoms with Gasteiger partial charge in [0.05, 0.1) is 0 Å². The van der Waals surface area contributed by atoms with E-state index in [1.54, 1.807) is 0 Å². The molecule has 0 aromatic rings. The van der Waals surface area contributed by atoms with Gasteiger partial charge in [-0.15, -0.1) is 0 Å². The molecule has 0 bridgehead atoms. The van der Waals surface area contributed by atoms with E-state index in [-0.39, 0.29) is 0 Å². The van der Waals surface area contributed by atoms with Crippen LogP contribution in [-0.2, 0) is 4.74 Å². The quantitative estimate of drug-likeness (QED) is 0.409. The van der Waals surface area contributed by atoms with E-state index in [1.807, 2.05) is 7.05 Å². The van der Waals surface area contributed by atoms with E-state index in [2.05, 4.69) is 48.2 Å². The third-order valence-electron chi connectivity index (χ3n) is 4.03. The molecular formula is C17H36N4O. The number of ether oxygens (including phenoxy) is 1. The lowest BCUT2D eigenvalue weighted by Crippen LogP contribution is -2.50. The molecule has 0 saturated carbocycles. The van der Waals surface area contributed by atoms with Gasteiger partial charge in [0, 0.05) is 52.0 Å². The molecule has 1 rings (SSSR count). The first-order chi connectivity index (χ1) is 10.5. The Bertz CT molecular complexity index is 310. The summed E-state index contributed by atoms with van der Waals surface area (Å²) in [5.74, 6) is 1.53. The van der Waals surface area contributed by atoms with Gasteiger partial charge in [0.1, 0.15) is 0 Å². The van der Waals surface area contributed by atoms with Crippen molar-refractivity contribution in [1.29, 1.82) is 0 Å². The number of nitrogens with one attached hydrogen (secondary N) is 2. The topological polar surface area (TPSA) is 48.9 Å². The van der Waals surface area contributed by atoms with Crippen LogP contribution in [0.1, 0.15) is 47.0 Å². The van der Waals surface area contributed by atoms with Gasteiger partial charge in [-0.25, -0.2) is 0 Å². The molecule has 1 aliphatic heterocycles. The molecule has 0 radical (unpaired) electrons. The molecule has 0 unspecified atom stereocenters. The molecule has 22 heavy (non-hydrogen) atoms. The maximum atomic E-state index is 5.59. The maximum Gasteiger partial charge on any atom is 0.191 e. The molecule has 0 spiro atoms. The SMILES string of the molecule is CN=C(NCCCOCC(C)C)NC1CCN(C(C)C)CC1. The lowest BCUT2D eigenvalue weighted by Gasteiger charge is -2.35. The summed E-state index contributed by atoms with van der Waals surface area (Å²) in [6.45, 7) is 13.8. The van der Waals surface area contributed by atoms with E-state index in [4.69, 9.17) is 4.74 Å². The van der Waals surface area contributed by atoms with Gasteiger partial charge in [-0.2, -0.15) is 0 Å². The molecule has 0 aromatic carbocycles. The molecule has 1 fully saturated rings. The summed E-state index contributed by atoms with van der Waals surface area (Å²) < 4.78 is 5.59. The number of nitrogens with zero attached hydrogens (tertiary/aromatic N) is 2. The number of rotatable bonds is 8. The molecule has 0 atom stereocenters. The number of likely N-dealkylation sites (tertiary alicyclic amines) is 1. The first kappa shape index (κ1) is 19.2. The zero-order chi connectivity index (χ0) is 16.4. The second-order valence-corrected chi connectivity index (χ2v) is 6.87. The predicted molar refractivity (Wildman–Crippen MR) is 94.5 cm³/mol. The molecule has 130 valence electrons. The van der Waals surface area contributed by atoms with Crippen LogP contribution in [0.25, 0.3) is 0 Å². The summed E-state index contributed by atoms with van der Waals surface area (Å²) in [6, 6.07) is 1.20. The van der Waals surface area contributed by atoms with Gasteiger partial charge in [-0.05, 0) is 39.0 Å². The molecule has 1 aliphatic rings. The van der Waals surface area contributed by atoms with E-state index in [0.29, 0.717) is 18.0 Å². The Hall–Kier alpha value is -0.810. The number of guanidine groups is 1. The Balaban J connectivity index is 2.13. The highest BCUT2D eigenvalue weighted by Gasteiger charge is 2.21. The third-order valence-corrected chi connectivity index (χ3v) is 4.03. The lowest BCUT2D eigenvalue weighted by molar-refractivity contribution is 0.108. The van der Waals surface area contributed by atoms with E-state index >= 15 is 0 Å². The smallest absolute Gasteiger partial charge is 0.191 e. The van der Waals surface area contributed by atoms with Gasteiger partial charge in [0.15, 0.2) is 5.96 Å². The first-order valence-electron chi connectivity index (χ1n) is 8.82. The summed E-state index contributed by atoms with van der Waals surface area (Å²) in [7, 11) is 1.84. The molecule has 0 amide bonds. The highest BCUT2D eigenvalue weighted by atomic mass is 16.5. The minimum absolute atomic E-state index is 0.540. The minimum atomic E-state index is 0.540. The second-order valence-electron chi connectivity index (χ2n) is 6.87. The average molecular weight is 313 g/mol. The van der Waals surface area contributed by atoms with Crippen LogP contribution in [0, 0.1) is 5.92 Å². The molecule has 0 aromatic heterocycles. The van der Waals surface area contributed by atoms with E-state index in [0.717, 1.165) is 32.1 Å². The van der Waals surface area contributed by atoms with Crippen LogP contribution in [0.15, 0.2) is 4.99 Å². The molecule has 0 aliphatic carbocycles. The summed E-state index contributed by atoms with van der Waals surface area (Å²) in [6.07, 6.45) is 3.39. The molecule has 2 N–H and O–H groups in total. The highest BCUT2D eigenvalue weighted by Crippen LogP contribution is 2.12. The van der Waals surface area contributed by atoms with Gasteiger partial charge in [0.25, 0.3) is 0 Å². The van der Waals surface area contributed by atoms with Crippen LogP contribution >= 0.6 is 0 Å². The van der Waals surface area contributed by atoms with Gasteiger partial charge in [0.2, 0.25) is 0 Å². The zero-order valence-electron chi connectivity index (χ0n) is 15.2. The average Bonchev–Trinajstić information content (AvgIpc) is 2.49. The van der Waals surface area contributed by atoms with Crippen molar-refractivity contribution in [3.05, 3.63) is 0 Å². The molecule has 5 nitrogen and oxygen atoms in total. The second kappa shape index (κ2) is 10.8. The van der Waals surface area contributed by atoms with Crippen molar-refractivity contribution in [3.8, 4) is 0 Å². The van der Waals surface area contributed by atoms with Crippen molar-refractivity contribution in [3.63, 3.8) is 0 Å². The largest absolute Gasteiger partial charge is 0.381 e. The van der Waals surface area contributed by atoms with E-state index in [9.17, 15) is 0 Å². The fraction of sp³-hybridized carbons (Fsp3) is 0.941. The first-order valence-corrected chi connectivity index (χ1v) is 8.82. The maximum absolute atomic E-state index is 5.59. The van der Waals surface area contributed by atoms with Gasteiger partial charge >= 0.3 is 0 Å². The summed E-state index contributed by atoms with van der Waals surface area (Å²) in [4.78, 5) is 6.86. The molecule has 1 heterocycles. The fourth-order valence-electron chi connectivity index (χ4n) is 2.65. The Labute approximate surface area is 136 Å². The van der Waals surface area contributed by atoms with Gasteiger partial charge < -0.3 is 20.3 Å². The summed E-state index contributed by atoms with van der Waals surface area (Å²) >= 11 is 0. The monoisotopic (exact) mass is 312 g/mol. The minimum Gasteiger partial charge on any atom is -0.381 e.